The molecular weight excluding hydrogens is 366 g/mol. The topological polar surface area (TPSA) is 86.8 Å². The van der Waals surface area contributed by atoms with Crippen molar-refractivity contribution in [1.29, 1.82) is 0 Å². The maximum atomic E-state index is 12.1. The third-order valence-corrected chi connectivity index (χ3v) is 4.01. The molecule has 8 heteroatoms. The standard InChI is InChI=1S/C15H16BrN3O4/c1-2-3-8-18-13(21)14(22)19(15(18)23)9-12(20)17-11-7-5-4-6-10(11)16/h4-7H,2-3,8-9H2,1H3,(H,17,20). The Hall–Kier alpha value is -2.22. The Kier molecular flexibility index (Phi) is 5.49. The number of benzene rings is 1. The number of rotatable bonds is 6. The molecule has 0 bridgehead atoms. The largest absolute Gasteiger partial charge is 0.334 e. The molecule has 0 unspecified atom stereocenters. The van der Waals surface area contributed by atoms with Gasteiger partial charge in [-0.2, -0.15) is 0 Å². The molecule has 5 amide bonds. The summed E-state index contributed by atoms with van der Waals surface area (Å²) in [6, 6.07) is 6.21. The SMILES string of the molecule is CCCCN1C(=O)C(=O)N(CC(=O)Nc2ccccc2Br)C1=O. The van der Waals surface area contributed by atoms with Crippen LogP contribution in [0.1, 0.15) is 19.8 Å². The van der Waals surface area contributed by atoms with Gasteiger partial charge >= 0.3 is 17.8 Å². The van der Waals surface area contributed by atoms with Crippen LogP contribution in [0.5, 0.6) is 0 Å². The van der Waals surface area contributed by atoms with Crippen molar-refractivity contribution < 1.29 is 19.2 Å². The van der Waals surface area contributed by atoms with Crippen molar-refractivity contribution in [2.75, 3.05) is 18.4 Å². The molecule has 7 nitrogen and oxygen atoms in total. The van der Waals surface area contributed by atoms with Crippen molar-refractivity contribution in [2.45, 2.75) is 19.8 Å². The molecule has 1 N–H and O–H groups in total. The van der Waals surface area contributed by atoms with Gasteiger partial charge in [0.15, 0.2) is 0 Å². The Morgan fingerprint density at radius 2 is 1.78 bits per heavy atom. The zero-order valence-electron chi connectivity index (χ0n) is 12.5. The lowest BCUT2D eigenvalue weighted by Crippen LogP contribution is -2.39. The molecule has 0 aromatic heterocycles. The van der Waals surface area contributed by atoms with Gasteiger partial charge in [0.1, 0.15) is 6.54 Å². The van der Waals surface area contributed by atoms with Crippen LogP contribution >= 0.6 is 15.9 Å². The lowest BCUT2D eigenvalue weighted by atomic mass is 10.3. The minimum atomic E-state index is -0.964. The summed E-state index contributed by atoms with van der Waals surface area (Å²) in [7, 11) is 0. The number of unbranched alkanes of at least 4 members (excludes halogenated alkanes) is 1. The van der Waals surface area contributed by atoms with Gasteiger partial charge in [-0.3, -0.25) is 19.3 Å². The van der Waals surface area contributed by atoms with Crippen LogP contribution in [-0.4, -0.2) is 46.6 Å². The number of hydrogen-bond donors (Lipinski definition) is 1. The molecule has 122 valence electrons. The molecule has 1 fully saturated rings. The smallest absolute Gasteiger partial charge is 0.323 e. The summed E-state index contributed by atoms with van der Waals surface area (Å²) >= 11 is 3.28. The number of amides is 5. The Morgan fingerprint density at radius 3 is 2.43 bits per heavy atom. The fourth-order valence-corrected chi connectivity index (χ4v) is 2.48. The van der Waals surface area contributed by atoms with E-state index in [0.29, 0.717) is 21.5 Å². The van der Waals surface area contributed by atoms with E-state index in [2.05, 4.69) is 21.2 Å². The molecule has 2 rings (SSSR count). The summed E-state index contributed by atoms with van der Waals surface area (Å²) in [5, 5.41) is 2.59. The Bertz CT molecular complexity index is 662. The maximum Gasteiger partial charge on any atom is 0.334 e. The highest BCUT2D eigenvalue weighted by atomic mass is 79.9. The summed E-state index contributed by atoms with van der Waals surface area (Å²) in [6.07, 6.45) is 1.40. The zero-order chi connectivity index (χ0) is 17.0. The lowest BCUT2D eigenvalue weighted by molar-refractivity contribution is -0.143. The number of para-hydroxylation sites is 1. The highest BCUT2D eigenvalue weighted by Crippen LogP contribution is 2.21. The molecule has 1 aliphatic rings. The summed E-state index contributed by atoms with van der Waals surface area (Å²) in [5.74, 6) is -2.39. The van der Waals surface area contributed by atoms with Gasteiger partial charge < -0.3 is 5.32 Å². The van der Waals surface area contributed by atoms with Crippen LogP contribution < -0.4 is 5.32 Å². The summed E-state index contributed by atoms with van der Waals surface area (Å²) < 4.78 is 0.674. The van der Waals surface area contributed by atoms with Crippen LogP contribution in [0.25, 0.3) is 0 Å². The first-order chi connectivity index (χ1) is 11.0. The van der Waals surface area contributed by atoms with E-state index in [4.69, 9.17) is 0 Å². The van der Waals surface area contributed by atoms with Crippen molar-refractivity contribution in [1.82, 2.24) is 9.80 Å². The molecule has 0 spiro atoms. The second-order valence-corrected chi connectivity index (χ2v) is 5.87. The van der Waals surface area contributed by atoms with E-state index in [9.17, 15) is 19.2 Å². The number of nitrogens with one attached hydrogen (secondary N) is 1. The van der Waals surface area contributed by atoms with Crippen LogP contribution in [0.2, 0.25) is 0 Å². The predicted molar refractivity (Wildman–Crippen MR) is 86.5 cm³/mol. The van der Waals surface area contributed by atoms with Crippen molar-refractivity contribution in [2.24, 2.45) is 0 Å². The van der Waals surface area contributed by atoms with Crippen molar-refractivity contribution in [3.63, 3.8) is 0 Å². The van der Waals surface area contributed by atoms with Gasteiger partial charge in [-0.05, 0) is 34.5 Å². The van der Waals surface area contributed by atoms with Crippen molar-refractivity contribution in [3.05, 3.63) is 28.7 Å². The van der Waals surface area contributed by atoms with Crippen LogP contribution in [-0.2, 0) is 14.4 Å². The molecule has 0 saturated carbocycles. The van der Waals surface area contributed by atoms with Gasteiger partial charge in [-0.25, -0.2) is 9.69 Å². The van der Waals surface area contributed by atoms with Crippen molar-refractivity contribution >= 4 is 45.4 Å². The first-order valence-corrected chi connectivity index (χ1v) is 7.96. The third-order valence-electron chi connectivity index (χ3n) is 3.32. The van der Waals surface area contributed by atoms with Crippen LogP contribution in [0.4, 0.5) is 10.5 Å². The number of carbonyl (C=O) groups is 4. The number of hydrogen-bond acceptors (Lipinski definition) is 4. The summed E-state index contributed by atoms with van der Waals surface area (Å²) in [6.45, 7) is 1.60. The van der Waals surface area contributed by atoms with E-state index < -0.39 is 30.3 Å². The van der Waals surface area contributed by atoms with Gasteiger partial charge in [0.25, 0.3) is 0 Å². The van der Waals surface area contributed by atoms with Gasteiger partial charge in [0.2, 0.25) is 5.91 Å². The highest BCUT2D eigenvalue weighted by Gasteiger charge is 2.44. The van der Waals surface area contributed by atoms with E-state index in [1.807, 2.05) is 6.92 Å². The molecule has 1 heterocycles. The number of anilines is 1. The molecule has 0 radical (unpaired) electrons. The number of urea groups is 1. The molecule has 23 heavy (non-hydrogen) atoms. The number of carbonyl (C=O) groups excluding carboxylic acids is 4. The van der Waals surface area contributed by atoms with Crippen LogP contribution in [0.3, 0.4) is 0 Å². The number of halogens is 1. The minimum absolute atomic E-state index is 0.183. The zero-order valence-corrected chi connectivity index (χ0v) is 14.1. The molecule has 1 saturated heterocycles. The van der Waals surface area contributed by atoms with E-state index in [1.54, 1.807) is 24.3 Å². The summed E-state index contributed by atoms with van der Waals surface area (Å²) in [4.78, 5) is 49.4. The third kappa shape index (κ3) is 3.76. The van der Waals surface area contributed by atoms with E-state index in [-0.39, 0.29) is 6.54 Å². The van der Waals surface area contributed by atoms with E-state index >= 15 is 0 Å². The average molecular weight is 382 g/mol. The second kappa shape index (κ2) is 7.36. The molecular formula is C15H16BrN3O4. The minimum Gasteiger partial charge on any atom is -0.323 e. The van der Waals surface area contributed by atoms with Crippen LogP contribution in [0, 0.1) is 0 Å². The first-order valence-electron chi connectivity index (χ1n) is 7.17. The first kappa shape index (κ1) is 17.1. The number of imide groups is 2. The molecule has 1 aromatic rings. The Morgan fingerprint density at radius 1 is 1.13 bits per heavy atom. The fraction of sp³-hybridized carbons (Fsp3) is 0.333. The molecule has 1 aromatic carbocycles. The van der Waals surface area contributed by atoms with E-state index in [1.165, 1.54) is 0 Å². The highest BCUT2D eigenvalue weighted by molar-refractivity contribution is 9.10. The van der Waals surface area contributed by atoms with Gasteiger partial charge in [-0.1, -0.05) is 25.5 Å². The summed E-state index contributed by atoms with van der Waals surface area (Å²) in [5.41, 5.74) is 0.519. The quantitative estimate of drug-likeness (QED) is 0.602. The van der Waals surface area contributed by atoms with Crippen LogP contribution in [0.15, 0.2) is 28.7 Å². The lowest BCUT2D eigenvalue weighted by Gasteiger charge is -2.15. The Labute approximate surface area is 141 Å². The normalized spacial score (nSPS) is 14.6. The molecule has 0 atom stereocenters. The fourth-order valence-electron chi connectivity index (χ4n) is 2.10. The van der Waals surface area contributed by atoms with Gasteiger partial charge in [0, 0.05) is 11.0 Å². The molecule has 1 aliphatic heterocycles. The average Bonchev–Trinajstić information content (AvgIpc) is 2.72. The molecule has 0 aliphatic carbocycles. The van der Waals surface area contributed by atoms with Gasteiger partial charge in [0.05, 0.1) is 5.69 Å². The monoisotopic (exact) mass is 381 g/mol. The second-order valence-electron chi connectivity index (χ2n) is 5.01. The van der Waals surface area contributed by atoms with Gasteiger partial charge in [-0.15, -0.1) is 0 Å². The van der Waals surface area contributed by atoms with E-state index in [0.717, 1.165) is 11.3 Å². The maximum absolute atomic E-state index is 12.1. The predicted octanol–water partition coefficient (Wildman–Crippen LogP) is 1.98. The Balaban J connectivity index is 2.03. The number of nitrogens with zero attached hydrogens (tertiary/aromatic N) is 2. The van der Waals surface area contributed by atoms with Crippen molar-refractivity contribution in [3.8, 4) is 0 Å².